The smallest absolute Gasteiger partial charge is 0.159 e. The Bertz CT molecular complexity index is 807. The molecule has 1 aromatic carbocycles. The normalized spacial score (nSPS) is 14.6. The molecule has 1 aliphatic carbocycles. The molecule has 1 heterocycles. The standard InChI is InChI=1S/C18H16F2N2S/c1-11-17(13-7-8-15(19)16(20)9-13)22-18(23-11)14(10-21)12-5-3-2-4-6-12/h7-9H,2-6H2,1H3. The second-order valence-electron chi connectivity index (χ2n) is 5.70. The molecule has 0 aliphatic heterocycles. The summed E-state index contributed by atoms with van der Waals surface area (Å²) in [5.74, 6) is -1.76. The molecule has 5 heteroatoms. The Morgan fingerprint density at radius 1 is 1.17 bits per heavy atom. The fourth-order valence-corrected chi connectivity index (χ4v) is 3.90. The third kappa shape index (κ3) is 3.18. The zero-order chi connectivity index (χ0) is 16.4. The van der Waals surface area contributed by atoms with E-state index in [0.717, 1.165) is 42.7 Å². The second-order valence-corrected chi connectivity index (χ2v) is 6.91. The van der Waals surface area contributed by atoms with Crippen LogP contribution in [0.25, 0.3) is 16.8 Å². The van der Waals surface area contributed by atoms with Crippen LogP contribution >= 0.6 is 11.3 Å². The van der Waals surface area contributed by atoms with Gasteiger partial charge in [-0.05, 0) is 56.4 Å². The van der Waals surface area contributed by atoms with Gasteiger partial charge in [-0.15, -0.1) is 11.3 Å². The topological polar surface area (TPSA) is 36.7 Å². The minimum Gasteiger partial charge on any atom is -0.235 e. The Balaban J connectivity index is 2.03. The molecule has 118 valence electrons. The van der Waals surface area contributed by atoms with Crippen LogP contribution in [0.4, 0.5) is 8.78 Å². The summed E-state index contributed by atoms with van der Waals surface area (Å²) >= 11 is 1.44. The van der Waals surface area contributed by atoms with Crippen molar-refractivity contribution in [1.82, 2.24) is 4.98 Å². The number of allylic oxidation sites excluding steroid dienone is 2. The van der Waals surface area contributed by atoms with Crippen LogP contribution in [-0.2, 0) is 0 Å². The van der Waals surface area contributed by atoms with Gasteiger partial charge in [0, 0.05) is 10.4 Å². The summed E-state index contributed by atoms with van der Waals surface area (Å²) in [6, 6.07) is 6.07. The zero-order valence-corrected chi connectivity index (χ0v) is 13.6. The maximum absolute atomic E-state index is 13.5. The van der Waals surface area contributed by atoms with Crippen molar-refractivity contribution in [2.75, 3.05) is 0 Å². The van der Waals surface area contributed by atoms with E-state index >= 15 is 0 Å². The number of hydrogen-bond acceptors (Lipinski definition) is 3. The molecule has 0 spiro atoms. The van der Waals surface area contributed by atoms with E-state index in [0.29, 0.717) is 21.8 Å². The van der Waals surface area contributed by atoms with E-state index in [-0.39, 0.29) is 0 Å². The predicted molar refractivity (Wildman–Crippen MR) is 87.8 cm³/mol. The highest BCUT2D eigenvalue weighted by molar-refractivity contribution is 7.13. The molecule has 1 fully saturated rings. The lowest BCUT2D eigenvalue weighted by Gasteiger charge is -2.14. The highest BCUT2D eigenvalue weighted by Gasteiger charge is 2.18. The first-order valence-corrected chi connectivity index (χ1v) is 8.47. The number of halogens is 2. The van der Waals surface area contributed by atoms with Crippen molar-refractivity contribution in [3.05, 3.63) is 45.3 Å². The molecule has 0 amide bonds. The summed E-state index contributed by atoms with van der Waals surface area (Å²) < 4.78 is 26.6. The van der Waals surface area contributed by atoms with Gasteiger partial charge in [-0.25, -0.2) is 13.8 Å². The molecule has 23 heavy (non-hydrogen) atoms. The lowest BCUT2D eigenvalue weighted by Crippen LogP contribution is -1.97. The zero-order valence-electron chi connectivity index (χ0n) is 12.8. The molecular formula is C18H16F2N2S. The Kier molecular flexibility index (Phi) is 4.53. The summed E-state index contributed by atoms with van der Waals surface area (Å²) in [6.07, 6.45) is 5.32. The van der Waals surface area contributed by atoms with Crippen molar-refractivity contribution >= 4 is 16.9 Å². The van der Waals surface area contributed by atoms with Gasteiger partial charge in [-0.3, -0.25) is 0 Å². The Morgan fingerprint density at radius 2 is 1.91 bits per heavy atom. The van der Waals surface area contributed by atoms with Gasteiger partial charge >= 0.3 is 0 Å². The van der Waals surface area contributed by atoms with Crippen LogP contribution in [0.2, 0.25) is 0 Å². The van der Waals surface area contributed by atoms with Crippen LogP contribution in [0.5, 0.6) is 0 Å². The van der Waals surface area contributed by atoms with E-state index < -0.39 is 11.6 Å². The summed E-state index contributed by atoms with van der Waals surface area (Å²) in [4.78, 5) is 5.44. The lowest BCUT2D eigenvalue weighted by atomic mass is 9.91. The van der Waals surface area contributed by atoms with Gasteiger partial charge in [-0.1, -0.05) is 6.42 Å². The van der Waals surface area contributed by atoms with E-state index in [1.165, 1.54) is 29.4 Å². The van der Waals surface area contributed by atoms with E-state index in [4.69, 9.17) is 0 Å². The fraction of sp³-hybridized carbons (Fsp3) is 0.333. The molecule has 0 unspecified atom stereocenters. The maximum Gasteiger partial charge on any atom is 0.159 e. The molecule has 0 N–H and O–H groups in total. The number of nitriles is 1. The van der Waals surface area contributed by atoms with Crippen molar-refractivity contribution in [3.63, 3.8) is 0 Å². The predicted octanol–water partition coefficient (Wildman–Crippen LogP) is 5.64. The summed E-state index contributed by atoms with van der Waals surface area (Å²) in [5.41, 5.74) is 2.99. The van der Waals surface area contributed by atoms with E-state index in [9.17, 15) is 14.0 Å². The maximum atomic E-state index is 13.5. The fourth-order valence-electron chi connectivity index (χ4n) is 2.92. The molecule has 0 radical (unpaired) electrons. The quantitative estimate of drug-likeness (QED) is 0.668. The molecule has 1 aromatic heterocycles. The Hall–Kier alpha value is -2.06. The number of hydrogen-bond donors (Lipinski definition) is 0. The molecule has 1 aliphatic rings. The molecule has 0 bridgehead atoms. The van der Waals surface area contributed by atoms with Gasteiger partial charge in [-0.2, -0.15) is 5.26 Å². The van der Waals surface area contributed by atoms with E-state index in [1.54, 1.807) is 0 Å². The lowest BCUT2D eigenvalue weighted by molar-refractivity contribution is 0.509. The van der Waals surface area contributed by atoms with Gasteiger partial charge in [0.2, 0.25) is 0 Å². The number of thiazole rings is 1. The van der Waals surface area contributed by atoms with Crippen LogP contribution < -0.4 is 0 Å². The van der Waals surface area contributed by atoms with E-state index in [1.807, 2.05) is 6.92 Å². The van der Waals surface area contributed by atoms with Crippen molar-refractivity contribution < 1.29 is 8.78 Å². The second kappa shape index (κ2) is 6.59. The van der Waals surface area contributed by atoms with Crippen molar-refractivity contribution in [2.24, 2.45) is 0 Å². The number of nitrogens with zero attached hydrogens (tertiary/aromatic N) is 2. The van der Waals surface area contributed by atoms with Crippen LogP contribution in [0.3, 0.4) is 0 Å². The Labute approximate surface area is 138 Å². The molecular weight excluding hydrogens is 314 g/mol. The van der Waals surface area contributed by atoms with Crippen molar-refractivity contribution in [1.29, 1.82) is 5.26 Å². The van der Waals surface area contributed by atoms with Crippen molar-refractivity contribution in [2.45, 2.75) is 39.0 Å². The van der Waals surface area contributed by atoms with Crippen LogP contribution in [0.15, 0.2) is 23.8 Å². The van der Waals surface area contributed by atoms with Gasteiger partial charge in [0.25, 0.3) is 0 Å². The monoisotopic (exact) mass is 330 g/mol. The Morgan fingerprint density at radius 3 is 2.57 bits per heavy atom. The third-order valence-electron chi connectivity index (χ3n) is 4.13. The molecule has 0 atom stereocenters. The van der Waals surface area contributed by atoms with Gasteiger partial charge in [0.1, 0.15) is 11.1 Å². The molecule has 0 saturated heterocycles. The summed E-state index contributed by atoms with van der Waals surface area (Å²) in [7, 11) is 0. The highest BCUT2D eigenvalue weighted by Crippen LogP contribution is 2.35. The molecule has 3 rings (SSSR count). The summed E-state index contributed by atoms with van der Waals surface area (Å²) in [5, 5.41) is 10.2. The van der Waals surface area contributed by atoms with Crippen LogP contribution in [0.1, 0.15) is 42.0 Å². The molecule has 2 nitrogen and oxygen atoms in total. The van der Waals surface area contributed by atoms with Gasteiger partial charge in [0.15, 0.2) is 11.6 Å². The van der Waals surface area contributed by atoms with Crippen LogP contribution in [0, 0.1) is 29.9 Å². The third-order valence-corrected chi connectivity index (χ3v) is 5.11. The number of aromatic nitrogens is 1. The van der Waals surface area contributed by atoms with Crippen LogP contribution in [-0.4, -0.2) is 4.98 Å². The number of rotatable bonds is 2. The molecule has 2 aromatic rings. The minimum absolute atomic E-state index is 0.537. The summed E-state index contributed by atoms with van der Waals surface area (Å²) in [6.45, 7) is 1.89. The van der Waals surface area contributed by atoms with Gasteiger partial charge in [0.05, 0.1) is 11.3 Å². The average molecular weight is 330 g/mol. The molecule has 1 saturated carbocycles. The highest BCUT2D eigenvalue weighted by atomic mass is 32.1. The average Bonchev–Trinajstić information content (AvgIpc) is 2.93. The SMILES string of the molecule is Cc1sc(C(C#N)=C2CCCCC2)nc1-c1ccc(F)c(F)c1. The van der Waals surface area contributed by atoms with Crippen molar-refractivity contribution in [3.8, 4) is 17.3 Å². The number of benzene rings is 1. The first-order valence-electron chi connectivity index (χ1n) is 7.65. The first kappa shape index (κ1) is 15.8. The largest absolute Gasteiger partial charge is 0.235 e. The first-order chi connectivity index (χ1) is 11.1. The van der Waals surface area contributed by atoms with E-state index in [2.05, 4.69) is 11.1 Å². The number of aryl methyl sites for hydroxylation is 1. The van der Waals surface area contributed by atoms with Gasteiger partial charge < -0.3 is 0 Å². The minimum atomic E-state index is -0.886.